The van der Waals surface area contributed by atoms with E-state index >= 15 is 0 Å². The topological polar surface area (TPSA) is 50.3 Å². The first-order chi connectivity index (χ1) is 18.0. The molecule has 0 aromatic heterocycles. The van der Waals surface area contributed by atoms with Crippen LogP contribution in [-0.4, -0.2) is 102 Å². The number of rotatable bonds is 6. The van der Waals surface area contributed by atoms with Crippen molar-refractivity contribution in [2.24, 2.45) is 0 Å². The zero-order valence-electron chi connectivity index (χ0n) is 20.8. The number of nitrogens with zero attached hydrogens (tertiary/aromatic N) is 4. The SMILES string of the molecule is CN(C1CN(C(=O)N2CCN(CCO)CC2)CC1c1ccc(Cl)c(Cl)c1)C(c1cccc(F)c1)C(F)(F)F. The van der Waals surface area contributed by atoms with Gasteiger partial charge in [-0.3, -0.25) is 9.80 Å². The van der Waals surface area contributed by atoms with Gasteiger partial charge < -0.3 is 14.9 Å². The molecular formula is C26H30Cl2F4N4O2. The van der Waals surface area contributed by atoms with Crippen LogP contribution in [0.15, 0.2) is 42.5 Å². The summed E-state index contributed by atoms with van der Waals surface area (Å²) in [7, 11) is 1.36. The molecule has 2 saturated heterocycles. The fourth-order valence-electron chi connectivity index (χ4n) is 5.45. The molecule has 0 radical (unpaired) electrons. The lowest BCUT2D eigenvalue weighted by Gasteiger charge is -2.37. The first kappa shape index (κ1) is 28.9. The maximum atomic E-state index is 14.4. The minimum absolute atomic E-state index is 0.0328. The number of hydrogen-bond donors (Lipinski definition) is 1. The Morgan fingerprint density at radius 2 is 1.76 bits per heavy atom. The molecule has 6 nitrogen and oxygen atoms in total. The first-order valence-corrected chi connectivity index (χ1v) is 13.1. The summed E-state index contributed by atoms with van der Waals surface area (Å²) in [4.78, 5) is 20.0. The number of aliphatic hydroxyl groups excluding tert-OH is 1. The number of piperazine rings is 1. The molecule has 4 rings (SSSR count). The third-order valence-electron chi connectivity index (χ3n) is 7.40. The van der Waals surface area contributed by atoms with Crippen molar-refractivity contribution in [1.29, 1.82) is 0 Å². The van der Waals surface area contributed by atoms with Crippen LogP contribution in [-0.2, 0) is 0 Å². The molecule has 2 aliphatic rings. The number of amides is 2. The summed E-state index contributed by atoms with van der Waals surface area (Å²) in [5, 5.41) is 9.76. The van der Waals surface area contributed by atoms with Gasteiger partial charge in [0.2, 0.25) is 0 Å². The summed E-state index contributed by atoms with van der Waals surface area (Å²) < 4.78 is 57.2. The van der Waals surface area contributed by atoms with E-state index in [0.29, 0.717) is 43.3 Å². The Morgan fingerprint density at radius 1 is 1.05 bits per heavy atom. The highest BCUT2D eigenvalue weighted by Gasteiger charge is 2.49. The summed E-state index contributed by atoms with van der Waals surface area (Å²) in [6, 6.07) is 6.39. The Balaban J connectivity index is 1.63. The molecule has 2 aromatic carbocycles. The number of alkyl halides is 3. The predicted octanol–water partition coefficient (Wildman–Crippen LogP) is 4.87. The van der Waals surface area contributed by atoms with Gasteiger partial charge in [-0.05, 0) is 42.4 Å². The average molecular weight is 577 g/mol. The van der Waals surface area contributed by atoms with Crippen molar-refractivity contribution in [2.75, 3.05) is 59.5 Å². The van der Waals surface area contributed by atoms with E-state index in [1.165, 1.54) is 24.1 Å². The highest BCUT2D eigenvalue weighted by molar-refractivity contribution is 6.42. The number of likely N-dealkylation sites (tertiary alicyclic amines) is 1. The van der Waals surface area contributed by atoms with E-state index in [0.717, 1.165) is 12.1 Å². The standard InChI is InChI=1S/C26H30Cl2F4N4O2/c1-33(24(26(30,31)32)18-3-2-4-19(29)13-18)23-16-36(15-20(23)17-5-6-21(27)22(28)14-17)25(38)35-9-7-34(8-10-35)11-12-37/h2-6,13-14,20,23-24,37H,7-12,15-16H2,1H3. The van der Waals surface area contributed by atoms with E-state index in [-0.39, 0.29) is 36.3 Å². The lowest BCUT2D eigenvalue weighted by atomic mass is 9.91. The van der Waals surface area contributed by atoms with Crippen molar-refractivity contribution in [3.05, 3.63) is 69.5 Å². The summed E-state index contributed by atoms with van der Waals surface area (Å²) in [5.41, 5.74) is 0.456. The molecule has 12 heteroatoms. The number of carbonyl (C=O) groups excluding carboxylic acids is 1. The van der Waals surface area contributed by atoms with E-state index in [2.05, 4.69) is 4.90 Å². The predicted molar refractivity (Wildman–Crippen MR) is 138 cm³/mol. The summed E-state index contributed by atoms with van der Waals surface area (Å²) in [5.74, 6) is -1.25. The second-order valence-electron chi connectivity index (χ2n) is 9.75. The van der Waals surface area contributed by atoms with Crippen molar-refractivity contribution >= 4 is 29.2 Å². The highest BCUT2D eigenvalue weighted by Crippen LogP contribution is 2.43. The number of urea groups is 1. The fraction of sp³-hybridized carbons (Fsp3) is 0.500. The number of likely N-dealkylation sites (N-methyl/N-ethyl adjacent to an activating group) is 1. The molecule has 2 amide bonds. The van der Waals surface area contributed by atoms with E-state index in [1.54, 1.807) is 28.0 Å². The number of benzene rings is 2. The van der Waals surface area contributed by atoms with Gasteiger partial charge in [0.25, 0.3) is 0 Å². The van der Waals surface area contributed by atoms with Crippen LogP contribution in [0.2, 0.25) is 10.0 Å². The molecule has 0 spiro atoms. The lowest BCUT2D eigenvalue weighted by molar-refractivity contribution is -0.188. The molecule has 38 heavy (non-hydrogen) atoms. The minimum atomic E-state index is -4.69. The van der Waals surface area contributed by atoms with Crippen molar-refractivity contribution in [2.45, 2.75) is 24.2 Å². The van der Waals surface area contributed by atoms with Crippen LogP contribution < -0.4 is 0 Å². The molecule has 1 N–H and O–H groups in total. The minimum Gasteiger partial charge on any atom is -0.395 e. The largest absolute Gasteiger partial charge is 0.408 e. The molecule has 0 bridgehead atoms. The Kier molecular flexibility index (Phi) is 9.09. The van der Waals surface area contributed by atoms with Crippen molar-refractivity contribution in [3.8, 4) is 0 Å². The molecule has 0 aliphatic carbocycles. The number of aliphatic hydroxyl groups is 1. The maximum absolute atomic E-state index is 14.4. The van der Waals surface area contributed by atoms with Gasteiger partial charge in [-0.25, -0.2) is 9.18 Å². The normalized spacial score (nSPS) is 21.8. The first-order valence-electron chi connectivity index (χ1n) is 12.4. The van der Waals surface area contributed by atoms with Crippen molar-refractivity contribution in [1.82, 2.24) is 19.6 Å². The molecule has 0 saturated carbocycles. The monoisotopic (exact) mass is 576 g/mol. The lowest BCUT2D eigenvalue weighted by Crippen LogP contribution is -2.53. The summed E-state index contributed by atoms with van der Waals surface area (Å²) >= 11 is 12.3. The van der Waals surface area contributed by atoms with Gasteiger partial charge in [0, 0.05) is 57.8 Å². The van der Waals surface area contributed by atoms with E-state index in [9.17, 15) is 22.4 Å². The number of halogens is 6. The Hall–Kier alpha value is -2.11. The van der Waals surface area contributed by atoms with E-state index < -0.39 is 30.0 Å². The highest BCUT2D eigenvalue weighted by atomic mass is 35.5. The van der Waals surface area contributed by atoms with Gasteiger partial charge in [-0.2, -0.15) is 13.2 Å². The fourth-order valence-corrected chi connectivity index (χ4v) is 5.76. The van der Waals surface area contributed by atoms with Crippen LogP contribution in [0.1, 0.15) is 23.1 Å². The molecular weight excluding hydrogens is 547 g/mol. The van der Waals surface area contributed by atoms with Gasteiger partial charge in [0.15, 0.2) is 0 Å². The van der Waals surface area contributed by atoms with Gasteiger partial charge in [-0.1, -0.05) is 41.4 Å². The van der Waals surface area contributed by atoms with Crippen LogP contribution in [0.25, 0.3) is 0 Å². The second-order valence-corrected chi connectivity index (χ2v) is 10.6. The third kappa shape index (κ3) is 6.37. The van der Waals surface area contributed by atoms with Crippen LogP contribution in [0, 0.1) is 5.82 Å². The molecule has 2 heterocycles. The Labute approximate surface area is 229 Å². The van der Waals surface area contributed by atoms with Gasteiger partial charge in [0.1, 0.15) is 11.9 Å². The Bertz CT molecular complexity index is 1130. The summed E-state index contributed by atoms with van der Waals surface area (Å²) in [6.07, 6.45) is -4.69. The smallest absolute Gasteiger partial charge is 0.395 e. The quantitative estimate of drug-likeness (QED) is 0.499. The molecule has 3 atom stereocenters. The number of hydrogen-bond acceptors (Lipinski definition) is 4. The van der Waals surface area contributed by atoms with Crippen LogP contribution in [0.4, 0.5) is 22.4 Å². The zero-order valence-corrected chi connectivity index (χ0v) is 22.4. The number of carbonyl (C=O) groups is 1. The van der Waals surface area contributed by atoms with Crippen LogP contribution in [0.3, 0.4) is 0 Å². The van der Waals surface area contributed by atoms with Gasteiger partial charge >= 0.3 is 12.2 Å². The van der Waals surface area contributed by atoms with Crippen molar-refractivity contribution in [3.63, 3.8) is 0 Å². The second kappa shape index (κ2) is 12.0. The van der Waals surface area contributed by atoms with Crippen molar-refractivity contribution < 1.29 is 27.5 Å². The molecule has 2 aromatic rings. The van der Waals surface area contributed by atoms with E-state index in [4.69, 9.17) is 28.3 Å². The third-order valence-corrected chi connectivity index (χ3v) is 8.13. The summed E-state index contributed by atoms with van der Waals surface area (Å²) in [6.45, 7) is 2.94. The van der Waals surface area contributed by atoms with Crippen LogP contribution in [0.5, 0.6) is 0 Å². The van der Waals surface area contributed by atoms with E-state index in [1.807, 2.05) is 0 Å². The van der Waals surface area contributed by atoms with Gasteiger partial charge in [0.05, 0.1) is 16.7 Å². The average Bonchev–Trinajstić information content (AvgIpc) is 3.31. The zero-order chi connectivity index (χ0) is 27.6. The van der Waals surface area contributed by atoms with Gasteiger partial charge in [-0.15, -0.1) is 0 Å². The number of β-amino-alcohol motifs (C(OH)–C–C–N with tert-alkyl or cyclic N) is 1. The van der Waals surface area contributed by atoms with Crippen LogP contribution >= 0.6 is 23.2 Å². The maximum Gasteiger partial charge on any atom is 0.408 e. The molecule has 2 aliphatic heterocycles. The Morgan fingerprint density at radius 3 is 2.37 bits per heavy atom. The molecule has 2 fully saturated rings. The molecule has 3 unspecified atom stereocenters. The molecule has 208 valence electrons.